The zero-order valence-corrected chi connectivity index (χ0v) is 12.8. The Labute approximate surface area is 136 Å². The van der Waals surface area contributed by atoms with Crippen LogP contribution in [0.2, 0.25) is 0 Å². The minimum absolute atomic E-state index is 0.0853. The van der Waals surface area contributed by atoms with Crippen LogP contribution >= 0.6 is 0 Å². The molecule has 0 aliphatic carbocycles. The summed E-state index contributed by atoms with van der Waals surface area (Å²) in [6.07, 6.45) is 0.240. The van der Waals surface area contributed by atoms with E-state index in [0.717, 1.165) is 0 Å². The third-order valence-corrected chi connectivity index (χ3v) is 3.47. The number of carboxylic acid groups (broad SMARTS) is 4. The first-order valence-corrected chi connectivity index (χ1v) is 7.05. The van der Waals surface area contributed by atoms with Gasteiger partial charge >= 0.3 is 23.9 Å². The van der Waals surface area contributed by atoms with Gasteiger partial charge in [-0.15, -0.1) is 0 Å². The Bertz CT molecular complexity index is 669. The third-order valence-electron chi connectivity index (χ3n) is 3.47. The maximum absolute atomic E-state index is 11.4. The number of aryl methyl sites for hydroxylation is 1. The number of nitrogens with zero attached hydrogens (tertiary/aromatic N) is 1. The van der Waals surface area contributed by atoms with Crippen LogP contribution in [0.1, 0.15) is 48.4 Å². The van der Waals surface area contributed by atoms with E-state index in [1.807, 2.05) is 0 Å². The Hall–Kier alpha value is -2.97. The van der Waals surface area contributed by atoms with E-state index in [1.165, 1.54) is 12.3 Å². The molecular weight excluding hydrogens is 322 g/mol. The summed E-state index contributed by atoms with van der Waals surface area (Å²) in [6.45, 7) is 1.76. The molecule has 0 aliphatic heterocycles. The maximum atomic E-state index is 11.4. The highest BCUT2D eigenvalue weighted by Crippen LogP contribution is 2.30. The van der Waals surface area contributed by atoms with Crippen molar-refractivity contribution in [3.8, 4) is 0 Å². The zero-order valence-electron chi connectivity index (χ0n) is 12.8. The van der Waals surface area contributed by atoms with Crippen LogP contribution in [0, 0.1) is 0 Å². The molecule has 0 bridgehead atoms. The van der Waals surface area contributed by atoms with Crippen molar-refractivity contribution in [2.45, 2.75) is 38.0 Å². The second-order valence-corrected chi connectivity index (χ2v) is 5.15. The molecule has 1 aromatic rings. The average molecular weight is 339 g/mol. The first-order valence-electron chi connectivity index (χ1n) is 7.05. The molecule has 130 valence electrons. The summed E-state index contributed by atoms with van der Waals surface area (Å²) in [4.78, 5) is 48.6. The number of pyridine rings is 1. The molecule has 0 amide bonds. The van der Waals surface area contributed by atoms with Gasteiger partial charge in [-0.2, -0.15) is 0 Å². The lowest BCUT2D eigenvalue weighted by atomic mass is 9.87. The van der Waals surface area contributed by atoms with E-state index in [0.29, 0.717) is 12.0 Å². The van der Waals surface area contributed by atoms with Crippen LogP contribution in [0.4, 0.5) is 0 Å². The van der Waals surface area contributed by atoms with E-state index >= 15 is 0 Å². The summed E-state index contributed by atoms with van der Waals surface area (Å²) in [5.41, 5.74) is 0.263. The fraction of sp³-hybridized carbons (Fsp3) is 0.400. The van der Waals surface area contributed by atoms with E-state index in [1.54, 1.807) is 6.92 Å². The number of rotatable bonds is 9. The lowest BCUT2D eigenvalue weighted by Gasteiger charge is -2.19. The molecule has 24 heavy (non-hydrogen) atoms. The first-order chi connectivity index (χ1) is 11.2. The molecule has 0 saturated heterocycles. The Balaban J connectivity index is 3.53. The molecule has 4 N–H and O–H groups in total. The van der Waals surface area contributed by atoms with Crippen molar-refractivity contribution >= 4 is 23.9 Å². The molecule has 2 atom stereocenters. The third kappa shape index (κ3) is 4.77. The van der Waals surface area contributed by atoms with Gasteiger partial charge in [0.15, 0.2) is 0 Å². The number of aliphatic carboxylic acids is 4. The quantitative estimate of drug-likeness (QED) is 0.512. The van der Waals surface area contributed by atoms with Gasteiger partial charge in [-0.25, -0.2) is 0 Å². The summed E-state index contributed by atoms with van der Waals surface area (Å²) in [6, 6.07) is 1.38. The first kappa shape index (κ1) is 19.1. The molecule has 1 aromatic heterocycles. The molecule has 0 aliphatic rings. The number of hydrogen-bond donors (Lipinski definition) is 4. The Kier molecular flexibility index (Phi) is 6.39. The van der Waals surface area contributed by atoms with Gasteiger partial charge in [0.05, 0.1) is 24.5 Å². The monoisotopic (exact) mass is 339 g/mol. The predicted molar refractivity (Wildman–Crippen MR) is 78.9 cm³/mol. The van der Waals surface area contributed by atoms with Crippen LogP contribution in [-0.4, -0.2) is 49.3 Å². The standard InChI is InChI=1S/C15H17NO8/c1-2-7-3-8(9(14(21)22)4-11(17)18)13(16-6-7)10(15(23)24)5-12(19)20/h3,6,9-10H,2,4-5H2,1H3,(H,17,18)(H,19,20)(H,21,22)(H,23,24). The molecule has 9 nitrogen and oxygen atoms in total. The van der Waals surface area contributed by atoms with E-state index < -0.39 is 48.6 Å². The van der Waals surface area contributed by atoms with Crippen molar-refractivity contribution in [1.29, 1.82) is 0 Å². The second kappa shape index (κ2) is 8.04. The van der Waals surface area contributed by atoms with Gasteiger partial charge in [-0.1, -0.05) is 13.0 Å². The highest BCUT2D eigenvalue weighted by atomic mass is 16.4. The zero-order chi connectivity index (χ0) is 18.4. The molecular formula is C15H17NO8. The number of aromatic nitrogens is 1. The molecule has 1 heterocycles. The van der Waals surface area contributed by atoms with Crippen LogP contribution in [-0.2, 0) is 25.6 Å². The van der Waals surface area contributed by atoms with Crippen molar-refractivity contribution in [1.82, 2.24) is 4.98 Å². The number of carbonyl (C=O) groups is 4. The summed E-state index contributed by atoms with van der Waals surface area (Å²) in [5.74, 6) is -8.78. The second-order valence-electron chi connectivity index (χ2n) is 5.15. The van der Waals surface area contributed by atoms with Crippen LogP contribution in [0.3, 0.4) is 0 Å². The Morgan fingerprint density at radius 2 is 1.46 bits per heavy atom. The average Bonchev–Trinajstić information content (AvgIpc) is 2.49. The lowest BCUT2D eigenvalue weighted by Crippen LogP contribution is -2.23. The van der Waals surface area contributed by atoms with Crippen LogP contribution in [0.5, 0.6) is 0 Å². The Morgan fingerprint density at radius 1 is 0.958 bits per heavy atom. The highest BCUT2D eigenvalue weighted by Gasteiger charge is 2.33. The minimum Gasteiger partial charge on any atom is -0.481 e. The number of carboxylic acids is 4. The van der Waals surface area contributed by atoms with Crippen molar-refractivity contribution in [3.05, 3.63) is 29.1 Å². The van der Waals surface area contributed by atoms with Crippen LogP contribution in [0.15, 0.2) is 12.3 Å². The highest BCUT2D eigenvalue weighted by molar-refractivity contribution is 5.86. The molecule has 9 heteroatoms. The molecule has 1 rings (SSSR count). The van der Waals surface area contributed by atoms with Gasteiger partial charge in [0.1, 0.15) is 5.92 Å². The fourth-order valence-corrected chi connectivity index (χ4v) is 2.28. The SMILES string of the molecule is CCc1cnc(C(CC(=O)O)C(=O)O)c(C(CC(=O)O)C(=O)O)c1. The van der Waals surface area contributed by atoms with E-state index in [9.17, 15) is 29.4 Å². The summed E-state index contributed by atoms with van der Waals surface area (Å²) in [5, 5.41) is 36.4. The fourth-order valence-electron chi connectivity index (χ4n) is 2.28. The Morgan fingerprint density at radius 3 is 1.88 bits per heavy atom. The van der Waals surface area contributed by atoms with Gasteiger partial charge in [0.25, 0.3) is 0 Å². The van der Waals surface area contributed by atoms with Crippen LogP contribution in [0.25, 0.3) is 0 Å². The largest absolute Gasteiger partial charge is 0.481 e. The molecule has 0 radical (unpaired) electrons. The molecule has 0 aromatic carbocycles. The predicted octanol–water partition coefficient (Wildman–Crippen LogP) is 0.930. The molecule has 0 saturated carbocycles. The van der Waals surface area contributed by atoms with Gasteiger partial charge in [-0.3, -0.25) is 24.2 Å². The molecule has 0 fully saturated rings. The summed E-state index contributed by atoms with van der Waals surface area (Å²) >= 11 is 0. The van der Waals surface area contributed by atoms with Gasteiger partial charge < -0.3 is 20.4 Å². The molecule has 2 unspecified atom stereocenters. The van der Waals surface area contributed by atoms with E-state index in [-0.39, 0.29) is 11.3 Å². The topological polar surface area (TPSA) is 162 Å². The lowest BCUT2D eigenvalue weighted by molar-refractivity contribution is -0.146. The normalized spacial score (nSPS) is 13.0. The molecule has 0 spiro atoms. The van der Waals surface area contributed by atoms with Gasteiger partial charge in [-0.05, 0) is 17.5 Å². The van der Waals surface area contributed by atoms with Crippen molar-refractivity contribution in [2.75, 3.05) is 0 Å². The van der Waals surface area contributed by atoms with E-state index in [4.69, 9.17) is 10.2 Å². The summed E-state index contributed by atoms with van der Waals surface area (Å²) in [7, 11) is 0. The number of hydrogen-bond acceptors (Lipinski definition) is 5. The smallest absolute Gasteiger partial charge is 0.313 e. The summed E-state index contributed by atoms with van der Waals surface area (Å²) < 4.78 is 0. The minimum atomic E-state index is -1.57. The van der Waals surface area contributed by atoms with E-state index in [2.05, 4.69) is 4.98 Å². The van der Waals surface area contributed by atoms with Crippen molar-refractivity contribution in [3.63, 3.8) is 0 Å². The maximum Gasteiger partial charge on any atom is 0.313 e. The van der Waals surface area contributed by atoms with Crippen LogP contribution < -0.4 is 0 Å². The van der Waals surface area contributed by atoms with Gasteiger partial charge in [0.2, 0.25) is 0 Å². The van der Waals surface area contributed by atoms with Crippen molar-refractivity contribution < 1.29 is 39.6 Å². The van der Waals surface area contributed by atoms with Crippen molar-refractivity contribution in [2.24, 2.45) is 0 Å². The van der Waals surface area contributed by atoms with Gasteiger partial charge in [0, 0.05) is 6.20 Å².